The number of hydrogen-bond acceptors (Lipinski definition) is 4. The lowest BCUT2D eigenvalue weighted by Crippen LogP contribution is -2.24. The van der Waals surface area contributed by atoms with Crippen LogP contribution in [0.15, 0.2) is 17.0 Å². The van der Waals surface area contributed by atoms with E-state index in [4.69, 9.17) is 9.52 Å². The van der Waals surface area contributed by atoms with Crippen molar-refractivity contribution in [1.29, 1.82) is 0 Å². The maximum absolute atomic E-state index is 11.2. The van der Waals surface area contributed by atoms with Crippen LogP contribution >= 0.6 is 0 Å². The SMILES string of the molecule is O=C(O)CCCNC(=O)c1cnco1. The van der Waals surface area contributed by atoms with Crippen LogP contribution in [0, 0.1) is 0 Å². The molecule has 1 amide bonds. The van der Waals surface area contributed by atoms with E-state index < -0.39 is 5.97 Å². The summed E-state index contributed by atoms with van der Waals surface area (Å²) in [7, 11) is 0. The van der Waals surface area contributed by atoms with Crippen molar-refractivity contribution in [3.05, 3.63) is 18.4 Å². The summed E-state index contributed by atoms with van der Waals surface area (Å²) < 4.78 is 4.73. The number of nitrogens with zero attached hydrogens (tertiary/aromatic N) is 1. The van der Waals surface area contributed by atoms with Crippen LogP contribution in [0.1, 0.15) is 23.4 Å². The number of rotatable bonds is 5. The quantitative estimate of drug-likeness (QED) is 0.662. The Labute approximate surface area is 79.9 Å². The number of nitrogens with one attached hydrogen (secondary N) is 1. The van der Waals surface area contributed by atoms with Gasteiger partial charge >= 0.3 is 5.97 Å². The molecular formula is C8H10N2O4. The first kappa shape index (κ1) is 10.2. The van der Waals surface area contributed by atoms with Crippen LogP contribution in [0.3, 0.4) is 0 Å². The van der Waals surface area contributed by atoms with Gasteiger partial charge in [-0.15, -0.1) is 0 Å². The topological polar surface area (TPSA) is 92.4 Å². The van der Waals surface area contributed by atoms with Gasteiger partial charge in [0.1, 0.15) is 0 Å². The summed E-state index contributed by atoms with van der Waals surface area (Å²) in [6.07, 6.45) is 2.89. The molecule has 0 aliphatic heterocycles. The van der Waals surface area contributed by atoms with Crippen LogP contribution in [0.4, 0.5) is 0 Å². The van der Waals surface area contributed by atoms with E-state index in [0.717, 1.165) is 6.39 Å². The zero-order valence-corrected chi connectivity index (χ0v) is 7.40. The molecule has 0 unspecified atom stereocenters. The molecule has 6 nitrogen and oxygen atoms in total. The third-order valence-electron chi connectivity index (χ3n) is 1.51. The number of carbonyl (C=O) groups excluding carboxylic acids is 1. The zero-order chi connectivity index (χ0) is 10.4. The van der Waals surface area contributed by atoms with Crippen molar-refractivity contribution < 1.29 is 19.1 Å². The Hall–Kier alpha value is -1.85. The molecule has 0 radical (unpaired) electrons. The minimum absolute atomic E-state index is 0.0384. The number of aliphatic carboxylic acids is 1. The summed E-state index contributed by atoms with van der Waals surface area (Å²) in [6, 6.07) is 0. The summed E-state index contributed by atoms with van der Waals surface area (Å²) in [4.78, 5) is 24.9. The maximum Gasteiger partial charge on any atom is 0.303 e. The maximum atomic E-state index is 11.2. The first-order valence-electron chi connectivity index (χ1n) is 4.08. The molecule has 0 spiro atoms. The molecule has 0 atom stereocenters. The number of hydrogen-bond donors (Lipinski definition) is 2. The Morgan fingerprint density at radius 3 is 2.93 bits per heavy atom. The fourth-order valence-corrected chi connectivity index (χ4v) is 0.857. The van der Waals surface area contributed by atoms with Crippen molar-refractivity contribution in [1.82, 2.24) is 10.3 Å². The fourth-order valence-electron chi connectivity index (χ4n) is 0.857. The third kappa shape index (κ3) is 3.26. The van der Waals surface area contributed by atoms with Gasteiger partial charge in [-0.1, -0.05) is 0 Å². The van der Waals surface area contributed by atoms with Gasteiger partial charge in [-0.3, -0.25) is 9.59 Å². The van der Waals surface area contributed by atoms with E-state index in [9.17, 15) is 9.59 Å². The van der Waals surface area contributed by atoms with Crippen molar-refractivity contribution >= 4 is 11.9 Å². The largest absolute Gasteiger partial charge is 0.481 e. The highest BCUT2D eigenvalue weighted by Crippen LogP contribution is 1.95. The predicted octanol–water partition coefficient (Wildman–Crippen LogP) is 0.269. The first-order valence-corrected chi connectivity index (χ1v) is 4.08. The summed E-state index contributed by atoms with van der Waals surface area (Å²) in [5.74, 6) is -1.13. The summed E-state index contributed by atoms with van der Waals surface area (Å²) in [5.41, 5.74) is 0. The van der Waals surface area contributed by atoms with Gasteiger partial charge in [0.25, 0.3) is 5.91 Å². The summed E-state index contributed by atoms with van der Waals surface area (Å²) >= 11 is 0. The molecule has 6 heteroatoms. The normalized spacial score (nSPS) is 9.71. The Balaban J connectivity index is 2.19. The Kier molecular flexibility index (Phi) is 3.66. The molecule has 0 fully saturated rings. The Bertz CT molecular complexity index is 307. The van der Waals surface area contributed by atoms with Crippen molar-refractivity contribution in [2.75, 3.05) is 6.54 Å². The van der Waals surface area contributed by atoms with Gasteiger partial charge in [-0.2, -0.15) is 0 Å². The molecule has 0 aromatic carbocycles. The second kappa shape index (κ2) is 5.00. The molecule has 1 aromatic rings. The van der Waals surface area contributed by atoms with Crippen molar-refractivity contribution in [3.63, 3.8) is 0 Å². The van der Waals surface area contributed by atoms with E-state index in [1.54, 1.807) is 0 Å². The third-order valence-corrected chi connectivity index (χ3v) is 1.51. The van der Waals surface area contributed by atoms with Crippen LogP contribution in [-0.2, 0) is 4.79 Å². The fraction of sp³-hybridized carbons (Fsp3) is 0.375. The molecule has 0 aliphatic rings. The van der Waals surface area contributed by atoms with Gasteiger partial charge in [-0.25, -0.2) is 4.98 Å². The molecule has 2 N–H and O–H groups in total. The van der Waals surface area contributed by atoms with Gasteiger partial charge < -0.3 is 14.8 Å². The Morgan fingerprint density at radius 1 is 1.57 bits per heavy atom. The molecule has 1 heterocycles. The summed E-state index contributed by atoms with van der Waals surface area (Å²) in [5, 5.41) is 10.8. The minimum atomic E-state index is -0.876. The number of carboxylic acid groups (broad SMARTS) is 1. The van der Waals surface area contributed by atoms with E-state index >= 15 is 0 Å². The van der Waals surface area contributed by atoms with Gasteiger partial charge in [0.2, 0.25) is 5.76 Å². The molecule has 0 bridgehead atoms. The monoisotopic (exact) mass is 198 g/mol. The number of carboxylic acids is 1. The first-order chi connectivity index (χ1) is 6.70. The molecule has 0 aliphatic carbocycles. The van der Waals surface area contributed by atoms with Gasteiger partial charge in [0.15, 0.2) is 6.39 Å². The second-order valence-electron chi connectivity index (χ2n) is 2.62. The average molecular weight is 198 g/mol. The number of aromatic nitrogens is 1. The van der Waals surface area contributed by atoms with Crippen molar-refractivity contribution in [2.45, 2.75) is 12.8 Å². The van der Waals surface area contributed by atoms with E-state index in [1.165, 1.54) is 6.20 Å². The van der Waals surface area contributed by atoms with Crippen LogP contribution in [0.5, 0.6) is 0 Å². The molecular weight excluding hydrogens is 188 g/mol. The highest BCUT2D eigenvalue weighted by atomic mass is 16.4. The molecule has 76 valence electrons. The van der Waals surface area contributed by atoms with Crippen LogP contribution in [-0.4, -0.2) is 28.5 Å². The lowest BCUT2D eigenvalue weighted by Gasteiger charge is -1.99. The lowest BCUT2D eigenvalue weighted by molar-refractivity contribution is -0.137. The smallest absolute Gasteiger partial charge is 0.303 e. The molecule has 1 rings (SSSR count). The summed E-state index contributed by atoms with van der Waals surface area (Å²) in [6.45, 7) is 0.311. The molecule has 0 saturated carbocycles. The molecule has 14 heavy (non-hydrogen) atoms. The van der Waals surface area contributed by atoms with Gasteiger partial charge in [0, 0.05) is 13.0 Å². The Morgan fingerprint density at radius 2 is 2.36 bits per heavy atom. The van der Waals surface area contributed by atoms with E-state index in [-0.39, 0.29) is 18.1 Å². The number of carbonyl (C=O) groups is 2. The van der Waals surface area contributed by atoms with Gasteiger partial charge in [-0.05, 0) is 6.42 Å². The van der Waals surface area contributed by atoms with Crippen LogP contribution < -0.4 is 5.32 Å². The zero-order valence-electron chi connectivity index (χ0n) is 7.40. The molecule has 0 saturated heterocycles. The van der Waals surface area contributed by atoms with Crippen LogP contribution in [0.2, 0.25) is 0 Å². The standard InChI is InChI=1S/C8H10N2O4/c11-7(12)2-1-3-10-8(13)6-4-9-5-14-6/h4-5H,1-3H2,(H,10,13)(H,11,12). The minimum Gasteiger partial charge on any atom is -0.481 e. The van der Waals surface area contributed by atoms with Gasteiger partial charge in [0.05, 0.1) is 6.20 Å². The highest BCUT2D eigenvalue weighted by molar-refractivity contribution is 5.90. The van der Waals surface area contributed by atoms with E-state index in [1.807, 2.05) is 0 Å². The number of oxazole rings is 1. The average Bonchev–Trinajstić information content (AvgIpc) is 2.64. The van der Waals surface area contributed by atoms with E-state index in [0.29, 0.717) is 13.0 Å². The van der Waals surface area contributed by atoms with Crippen molar-refractivity contribution in [3.8, 4) is 0 Å². The number of amides is 1. The predicted molar refractivity (Wildman–Crippen MR) is 45.7 cm³/mol. The van der Waals surface area contributed by atoms with Crippen LogP contribution in [0.25, 0.3) is 0 Å². The molecule has 1 aromatic heterocycles. The lowest BCUT2D eigenvalue weighted by atomic mass is 10.3. The second-order valence-corrected chi connectivity index (χ2v) is 2.62. The van der Waals surface area contributed by atoms with Crippen molar-refractivity contribution in [2.24, 2.45) is 0 Å². The highest BCUT2D eigenvalue weighted by Gasteiger charge is 2.07. The van der Waals surface area contributed by atoms with E-state index in [2.05, 4.69) is 10.3 Å².